The summed E-state index contributed by atoms with van der Waals surface area (Å²) in [4.78, 5) is 0. The molecule has 1 aromatic heterocycles. The second kappa shape index (κ2) is 5.12. The predicted octanol–water partition coefficient (Wildman–Crippen LogP) is 0.321. The van der Waals surface area contributed by atoms with Crippen LogP contribution in [0.25, 0.3) is 0 Å². The molecule has 0 radical (unpaired) electrons. The average Bonchev–Trinajstić information content (AvgIpc) is 2.48. The molecule has 14 heavy (non-hydrogen) atoms. The summed E-state index contributed by atoms with van der Waals surface area (Å²) in [5.41, 5.74) is 0.936. The number of hydrogen-bond donors (Lipinski definition) is 2. The fraction of sp³-hybridized carbons (Fsp3) is 0.700. The van der Waals surface area contributed by atoms with Crippen molar-refractivity contribution in [1.82, 2.24) is 15.1 Å². The van der Waals surface area contributed by atoms with Crippen LogP contribution in [0.2, 0.25) is 0 Å². The molecule has 0 saturated heterocycles. The van der Waals surface area contributed by atoms with Crippen molar-refractivity contribution in [1.29, 1.82) is 0 Å². The largest absolute Gasteiger partial charge is 0.391 e. The lowest BCUT2D eigenvalue weighted by Gasteiger charge is -2.12. The summed E-state index contributed by atoms with van der Waals surface area (Å²) in [5, 5.41) is 17.0. The topological polar surface area (TPSA) is 50.1 Å². The Kier molecular flexibility index (Phi) is 4.10. The highest BCUT2D eigenvalue weighted by Crippen LogP contribution is 1.99. The molecule has 1 unspecified atom stereocenters. The van der Waals surface area contributed by atoms with Crippen LogP contribution in [-0.4, -0.2) is 33.6 Å². The van der Waals surface area contributed by atoms with E-state index in [1.165, 1.54) is 0 Å². The molecule has 0 aliphatic rings. The Bertz CT molecular complexity index is 270. The van der Waals surface area contributed by atoms with Crippen molar-refractivity contribution in [2.24, 2.45) is 7.05 Å². The monoisotopic (exact) mass is 197 g/mol. The highest BCUT2D eigenvalue weighted by molar-refractivity contribution is 5.00. The zero-order valence-corrected chi connectivity index (χ0v) is 9.07. The van der Waals surface area contributed by atoms with E-state index in [2.05, 4.69) is 24.3 Å². The lowest BCUT2D eigenvalue weighted by Crippen LogP contribution is -2.33. The summed E-state index contributed by atoms with van der Waals surface area (Å²) in [5.74, 6) is 0. The quantitative estimate of drug-likeness (QED) is 0.715. The van der Waals surface area contributed by atoms with Gasteiger partial charge < -0.3 is 10.4 Å². The Morgan fingerprint density at radius 3 is 2.79 bits per heavy atom. The molecule has 0 spiro atoms. The zero-order valence-electron chi connectivity index (χ0n) is 9.07. The molecule has 1 rings (SSSR count). The summed E-state index contributed by atoms with van der Waals surface area (Å²) < 4.78 is 1.75. The number of aliphatic hydroxyl groups is 1. The average molecular weight is 197 g/mol. The minimum atomic E-state index is -0.354. The van der Waals surface area contributed by atoms with E-state index in [1.807, 2.05) is 19.3 Å². The normalized spacial score (nSPS) is 13.5. The second-order valence-electron chi connectivity index (χ2n) is 3.90. The van der Waals surface area contributed by atoms with Crippen LogP contribution in [0.5, 0.6) is 0 Å². The third-order valence-electron chi connectivity index (χ3n) is 1.98. The lowest BCUT2D eigenvalue weighted by atomic mass is 10.2. The van der Waals surface area contributed by atoms with E-state index in [4.69, 9.17) is 0 Å². The van der Waals surface area contributed by atoms with Crippen LogP contribution < -0.4 is 5.32 Å². The van der Waals surface area contributed by atoms with E-state index in [9.17, 15) is 5.11 Å². The van der Waals surface area contributed by atoms with Crippen molar-refractivity contribution in [3.8, 4) is 0 Å². The molecule has 80 valence electrons. The molecule has 2 N–H and O–H groups in total. The molecule has 1 heterocycles. The molecule has 4 nitrogen and oxygen atoms in total. The van der Waals surface area contributed by atoms with Gasteiger partial charge in [0.05, 0.1) is 11.8 Å². The van der Waals surface area contributed by atoms with E-state index in [1.54, 1.807) is 4.68 Å². The van der Waals surface area contributed by atoms with Crippen molar-refractivity contribution in [3.63, 3.8) is 0 Å². The van der Waals surface area contributed by atoms with E-state index in [0.717, 1.165) is 5.69 Å². The van der Waals surface area contributed by atoms with Crippen LogP contribution in [0.3, 0.4) is 0 Å². The molecule has 0 saturated carbocycles. The van der Waals surface area contributed by atoms with E-state index >= 15 is 0 Å². The van der Waals surface area contributed by atoms with Crippen LogP contribution in [0.1, 0.15) is 19.5 Å². The molecule has 0 aliphatic carbocycles. The first-order chi connectivity index (χ1) is 6.58. The van der Waals surface area contributed by atoms with Crippen molar-refractivity contribution < 1.29 is 5.11 Å². The summed E-state index contributed by atoms with van der Waals surface area (Å²) in [7, 11) is 1.88. The molecule has 4 heteroatoms. The summed E-state index contributed by atoms with van der Waals surface area (Å²) in [6.45, 7) is 4.75. The van der Waals surface area contributed by atoms with Gasteiger partial charge in [-0.3, -0.25) is 4.68 Å². The molecule has 0 aliphatic heterocycles. The molecular weight excluding hydrogens is 178 g/mol. The Balaban J connectivity index is 2.30. The van der Waals surface area contributed by atoms with Crippen molar-refractivity contribution in [3.05, 3.63) is 18.0 Å². The van der Waals surface area contributed by atoms with E-state index in [0.29, 0.717) is 19.0 Å². The third-order valence-corrected chi connectivity index (χ3v) is 1.98. The van der Waals surface area contributed by atoms with Crippen molar-refractivity contribution in [2.45, 2.75) is 32.4 Å². The van der Waals surface area contributed by atoms with Gasteiger partial charge in [0.25, 0.3) is 0 Å². The van der Waals surface area contributed by atoms with Gasteiger partial charge in [-0.25, -0.2) is 0 Å². The first-order valence-electron chi connectivity index (χ1n) is 4.98. The SMILES string of the molecule is CC(C)NCC(O)Cc1ccn(C)n1. The molecule has 0 fully saturated rings. The first kappa shape index (κ1) is 11.2. The maximum atomic E-state index is 9.65. The maximum Gasteiger partial charge on any atom is 0.0720 e. The van der Waals surface area contributed by atoms with Crippen LogP contribution in [0.15, 0.2) is 12.3 Å². The zero-order chi connectivity index (χ0) is 10.6. The number of aromatic nitrogens is 2. The van der Waals surface area contributed by atoms with Crippen molar-refractivity contribution >= 4 is 0 Å². The smallest absolute Gasteiger partial charge is 0.0720 e. The Labute approximate surface area is 84.9 Å². The Morgan fingerprint density at radius 1 is 1.57 bits per heavy atom. The van der Waals surface area contributed by atoms with E-state index < -0.39 is 0 Å². The molecule has 0 amide bonds. The summed E-state index contributed by atoms with van der Waals surface area (Å²) in [6, 6.07) is 2.34. The standard InChI is InChI=1S/C10H19N3O/c1-8(2)11-7-10(14)6-9-4-5-13(3)12-9/h4-5,8,10-11,14H,6-7H2,1-3H3. The van der Waals surface area contributed by atoms with Crippen LogP contribution in [-0.2, 0) is 13.5 Å². The minimum Gasteiger partial charge on any atom is -0.391 e. The van der Waals surface area contributed by atoms with Crippen LogP contribution >= 0.6 is 0 Å². The van der Waals surface area contributed by atoms with Gasteiger partial charge in [0.2, 0.25) is 0 Å². The van der Waals surface area contributed by atoms with Gasteiger partial charge in [-0.15, -0.1) is 0 Å². The Hall–Kier alpha value is -0.870. The number of hydrogen-bond acceptors (Lipinski definition) is 3. The minimum absolute atomic E-state index is 0.354. The number of nitrogens with one attached hydrogen (secondary N) is 1. The van der Waals surface area contributed by atoms with Gasteiger partial charge in [-0.2, -0.15) is 5.10 Å². The molecular formula is C10H19N3O. The highest BCUT2D eigenvalue weighted by atomic mass is 16.3. The van der Waals surface area contributed by atoms with Gasteiger partial charge >= 0.3 is 0 Å². The number of aliphatic hydroxyl groups excluding tert-OH is 1. The summed E-state index contributed by atoms with van der Waals surface area (Å²) in [6.07, 6.45) is 2.14. The van der Waals surface area contributed by atoms with E-state index in [-0.39, 0.29) is 6.10 Å². The molecule has 1 aromatic rings. The predicted molar refractivity (Wildman–Crippen MR) is 56.1 cm³/mol. The van der Waals surface area contributed by atoms with Crippen LogP contribution in [0, 0.1) is 0 Å². The molecule has 1 atom stereocenters. The second-order valence-corrected chi connectivity index (χ2v) is 3.90. The summed E-state index contributed by atoms with van der Waals surface area (Å²) >= 11 is 0. The highest BCUT2D eigenvalue weighted by Gasteiger charge is 2.07. The number of rotatable bonds is 5. The third kappa shape index (κ3) is 3.89. The number of nitrogens with zero attached hydrogens (tertiary/aromatic N) is 2. The van der Waals surface area contributed by atoms with Gasteiger partial charge in [0.1, 0.15) is 0 Å². The van der Waals surface area contributed by atoms with Gasteiger partial charge in [-0.1, -0.05) is 13.8 Å². The van der Waals surface area contributed by atoms with Gasteiger partial charge in [0, 0.05) is 32.3 Å². The van der Waals surface area contributed by atoms with Gasteiger partial charge in [0.15, 0.2) is 0 Å². The molecule has 0 aromatic carbocycles. The molecule has 0 bridgehead atoms. The van der Waals surface area contributed by atoms with Gasteiger partial charge in [-0.05, 0) is 6.07 Å². The number of aryl methyl sites for hydroxylation is 1. The fourth-order valence-corrected chi connectivity index (χ4v) is 1.26. The first-order valence-corrected chi connectivity index (χ1v) is 4.98. The fourth-order valence-electron chi connectivity index (χ4n) is 1.26. The Morgan fingerprint density at radius 2 is 2.29 bits per heavy atom. The maximum absolute atomic E-state index is 9.65. The lowest BCUT2D eigenvalue weighted by molar-refractivity contribution is 0.167. The van der Waals surface area contributed by atoms with Crippen LogP contribution in [0.4, 0.5) is 0 Å². The van der Waals surface area contributed by atoms with Crippen molar-refractivity contribution in [2.75, 3.05) is 6.54 Å².